The van der Waals surface area contributed by atoms with Gasteiger partial charge < -0.3 is 12.9 Å². The summed E-state index contributed by atoms with van der Waals surface area (Å²) >= 11 is 5.51. The molecule has 0 N–H and O–H groups in total. The zero-order valence-electron chi connectivity index (χ0n) is 6.11. The van der Waals surface area contributed by atoms with E-state index < -0.39 is 13.3 Å². The molecule has 5 heteroatoms. The van der Waals surface area contributed by atoms with E-state index in [0.29, 0.717) is 5.02 Å². The summed E-state index contributed by atoms with van der Waals surface area (Å²) in [7, 11) is 0. The summed E-state index contributed by atoms with van der Waals surface area (Å²) in [6.07, 6.45) is -0.836. The maximum atomic E-state index is 11.9. The molecule has 0 aliphatic heterocycles. The third-order valence-electron chi connectivity index (χ3n) is 1.38. The van der Waals surface area contributed by atoms with Crippen LogP contribution >= 0.6 is 11.6 Å². The van der Waals surface area contributed by atoms with Crippen molar-refractivity contribution < 1.29 is 12.9 Å². The first kappa shape index (κ1) is 9.45. The molecule has 0 aliphatic rings. The Morgan fingerprint density at radius 2 is 1.58 bits per heavy atom. The Morgan fingerprint density at radius 3 is 2.00 bits per heavy atom. The largest absolute Gasteiger partial charge is 0.482 e. The third-order valence-corrected chi connectivity index (χ3v) is 1.63. The summed E-state index contributed by atoms with van der Waals surface area (Å²) in [5.41, 5.74) is 0.256. The average Bonchev–Trinajstić information content (AvgIpc) is 1.91. The van der Waals surface area contributed by atoms with Crippen molar-refractivity contribution in [2.45, 2.75) is 6.32 Å². The summed E-state index contributed by atoms with van der Waals surface area (Å²) in [5.74, 6) is 0. The van der Waals surface area contributed by atoms with Gasteiger partial charge in [-0.05, 0) is 12.1 Å². The molecule has 1 aromatic rings. The van der Waals surface area contributed by atoms with Crippen LogP contribution in [0, 0.1) is 0 Å². The topological polar surface area (TPSA) is 0 Å². The standard InChI is InChI=1S/C7H6BClF3/c9-7-3-1-6(2-4-7)5-8(10,11)12/h1-4H,5H2/q-1. The highest BCUT2D eigenvalue weighted by molar-refractivity contribution is 6.57. The van der Waals surface area contributed by atoms with E-state index in [1.807, 2.05) is 0 Å². The smallest absolute Gasteiger partial charge is 0.449 e. The van der Waals surface area contributed by atoms with Crippen molar-refractivity contribution in [3.8, 4) is 0 Å². The normalized spacial score (nSPS) is 11.7. The van der Waals surface area contributed by atoms with Gasteiger partial charge in [0.05, 0.1) is 0 Å². The molecule has 0 spiro atoms. The van der Waals surface area contributed by atoms with Gasteiger partial charge in [0.1, 0.15) is 0 Å². The molecule has 66 valence electrons. The average molecular weight is 193 g/mol. The number of hydrogen-bond acceptors (Lipinski definition) is 0. The molecule has 1 rings (SSSR count). The first-order chi connectivity index (χ1) is 5.47. The van der Waals surface area contributed by atoms with Gasteiger partial charge in [0.25, 0.3) is 0 Å². The highest BCUT2D eigenvalue weighted by Crippen LogP contribution is 2.17. The molecular weight excluding hydrogens is 187 g/mol. The van der Waals surface area contributed by atoms with Crippen LogP contribution < -0.4 is 0 Å². The molecule has 0 fully saturated rings. The zero-order valence-corrected chi connectivity index (χ0v) is 6.86. The van der Waals surface area contributed by atoms with E-state index in [1.165, 1.54) is 24.3 Å². The molecule has 12 heavy (non-hydrogen) atoms. The van der Waals surface area contributed by atoms with Crippen molar-refractivity contribution in [3.63, 3.8) is 0 Å². The van der Waals surface area contributed by atoms with Crippen LogP contribution in [0.1, 0.15) is 5.56 Å². The van der Waals surface area contributed by atoms with Crippen LogP contribution in [-0.2, 0) is 6.32 Å². The fraction of sp³-hybridized carbons (Fsp3) is 0.143. The Kier molecular flexibility index (Phi) is 2.67. The van der Waals surface area contributed by atoms with Crippen LogP contribution in [0.25, 0.3) is 0 Å². The molecule has 0 radical (unpaired) electrons. The van der Waals surface area contributed by atoms with Gasteiger partial charge in [-0.15, -0.1) is 0 Å². The quantitative estimate of drug-likeness (QED) is 0.632. The summed E-state index contributed by atoms with van der Waals surface area (Å²) in [6.45, 7) is -4.74. The summed E-state index contributed by atoms with van der Waals surface area (Å²) in [6, 6.07) is 5.69. The van der Waals surface area contributed by atoms with Crippen molar-refractivity contribution in [3.05, 3.63) is 34.9 Å². The van der Waals surface area contributed by atoms with E-state index in [1.54, 1.807) is 0 Å². The molecule has 0 amide bonds. The van der Waals surface area contributed by atoms with Gasteiger partial charge in [-0.2, -0.15) is 0 Å². The number of halogens is 4. The van der Waals surface area contributed by atoms with Crippen LogP contribution in [0.2, 0.25) is 5.02 Å². The Balaban J connectivity index is 2.71. The second-order valence-corrected chi connectivity index (χ2v) is 2.98. The van der Waals surface area contributed by atoms with Gasteiger partial charge in [0.15, 0.2) is 0 Å². The molecule has 1 aromatic carbocycles. The van der Waals surface area contributed by atoms with Crippen LogP contribution in [0.3, 0.4) is 0 Å². The van der Waals surface area contributed by atoms with Crippen molar-refractivity contribution in [2.24, 2.45) is 0 Å². The lowest BCUT2D eigenvalue weighted by Crippen LogP contribution is -2.19. The van der Waals surface area contributed by atoms with Crippen molar-refractivity contribution in [1.29, 1.82) is 0 Å². The Labute approximate surface area is 73.4 Å². The molecule has 0 saturated carbocycles. The Hall–Kier alpha value is -0.635. The molecule has 0 bridgehead atoms. The van der Waals surface area contributed by atoms with Crippen molar-refractivity contribution in [2.75, 3.05) is 0 Å². The first-order valence-corrected chi connectivity index (χ1v) is 3.80. The molecule has 0 atom stereocenters. The third kappa shape index (κ3) is 3.18. The molecule has 0 nitrogen and oxygen atoms in total. The van der Waals surface area contributed by atoms with E-state index in [2.05, 4.69) is 0 Å². The molecule has 0 saturated heterocycles. The van der Waals surface area contributed by atoms with E-state index in [4.69, 9.17) is 11.6 Å². The van der Waals surface area contributed by atoms with Gasteiger partial charge in [-0.25, -0.2) is 0 Å². The minimum absolute atomic E-state index is 0.256. The zero-order chi connectivity index (χ0) is 9.19. The number of rotatable bonds is 2. The number of benzene rings is 1. The van der Waals surface area contributed by atoms with E-state index in [0.717, 1.165) is 0 Å². The van der Waals surface area contributed by atoms with E-state index in [-0.39, 0.29) is 5.56 Å². The second kappa shape index (κ2) is 3.39. The van der Waals surface area contributed by atoms with Gasteiger partial charge >= 0.3 is 6.98 Å². The highest BCUT2D eigenvalue weighted by atomic mass is 35.5. The Morgan fingerprint density at radius 1 is 1.08 bits per heavy atom. The molecule has 0 aromatic heterocycles. The van der Waals surface area contributed by atoms with Gasteiger partial charge in [-0.3, -0.25) is 0 Å². The van der Waals surface area contributed by atoms with Crippen LogP contribution in [0.5, 0.6) is 0 Å². The monoisotopic (exact) mass is 193 g/mol. The molecular formula is C7H6BClF3-. The number of hydrogen-bond donors (Lipinski definition) is 0. The van der Waals surface area contributed by atoms with Crippen molar-refractivity contribution >= 4 is 18.6 Å². The lowest BCUT2D eigenvalue weighted by Gasteiger charge is -2.12. The van der Waals surface area contributed by atoms with Crippen molar-refractivity contribution in [1.82, 2.24) is 0 Å². The van der Waals surface area contributed by atoms with Gasteiger partial charge in [0.2, 0.25) is 0 Å². The predicted octanol–water partition coefficient (Wildman–Crippen LogP) is 3.27. The fourth-order valence-corrected chi connectivity index (χ4v) is 1.01. The maximum Gasteiger partial charge on any atom is 0.482 e. The summed E-state index contributed by atoms with van der Waals surface area (Å²) in [5, 5.41) is 0.452. The molecule has 0 unspecified atom stereocenters. The van der Waals surface area contributed by atoms with Gasteiger partial charge in [0, 0.05) is 5.02 Å². The highest BCUT2D eigenvalue weighted by Gasteiger charge is 2.22. The second-order valence-electron chi connectivity index (χ2n) is 2.54. The minimum atomic E-state index is -4.74. The minimum Gasteiger partial charge on any atom is -0.449 e. The SMILES string of the molecule is F[B-](F)(F)Cc1ccc(Cl)cc1. The summed E-state index contributed by atoms with van der Waals surface area (Å²) in [4.78, 5) is 0. The first-order valence-electron chi connectivity index (χ1n) is 3.43. The summed E-state index contributed by atoms with van der Waals surface area (Å²) < 4.78 is 35.6. The maximum absolute atomic E-state index is 11.9. The van der Waals surface area contributed by atoms with E-state index in [9.17, 15) is 12.9 Å². The van der Waals surface area contributed by atoms with E-state index >= 15 is 0 Å². The van der Waals surface area contributed by atoms with Crippen LogP contribution in [0.15, 0.2) is 24.3 Å². The fourth-order valence-electron chi connectivity index (χ4n) is 0.888. The molecule has 0 aliphatic carbocycles. The molecule has 0 heterocycles. The van der Waals surface area contributed by atoms with Crippen LogP contribution in [-0.4, -0.2) is 6.98 Å². The lowest BCUT2D eigenvalue weighted by atomic mass is 9.82. The lowest BCUT2D eigenvalue weighted by molar-refractivity contribution is 0.468. The van der Waals surface area contributed by atoms with Crippen LogP contribution in [0.4, 0.5) is 12.9 Å². The Bertz CT molecular complexity index is 254. The predicted molar refractivity (Wildman–Crippen MR) is 44.2 cm³/mol. The van der Waals surface area contributed by atoms with Gasteiger partial charge in [-0.1, -0.05) is 35.6 Å².